The third-order valence-electron chi connectivity index (χ3n) is 5.57. The van der Waals surface area contributed by atoms with E-state index in [0.29, 0.717) is 19.8 Å². The van der Waals surface area contributed by atoms with E-state index in [0.717, 1.165) is 52.5 Å². The minimum Gasteiger partial charge on any atom is -0.486 e. The lowest BCUT2D eigenvalue weighted by atomic mass is 9.95. The van der Waals surface area contributed by atoms with Crippen LogP contribution in [0.25, 0.3) is 0 Å². The first kappa shape index (κ1) is 19.8. The molecule has 0 saturated carbocycles. The van der Waals surface area contributed by atoms with Gasteiger partial charge in [0.2, 0.25) is 0 Å². The number of carbonyl (C=O) groups is 1. The fraction of sp³-hybridized carbons (Fsp3) is 0.280. The highest BCUT2D eigenvalue weighted by atomic mass is 32.1. The number of aryl methyl sites for hydroxylation is 1. The second-order valence-electron chi connectivity index (χ2n) is 7.72. The molecule has 5 nitrogen and oxygen atoms in total. The lowest BCUT2D eigenvalue weighted by Gasteiger charge is -2.18. The van der Waals surface area contributed by atoms with E-state index in [9.17, 15) is 4.79 Å². The van der Waals surface area contributed by atoms with Crippen molar-refractivity contribution in [2.45, 2.75) is 32.2 Å². The van der Waals surface area contributed by atoms with Crippen LogP contribution >= 0.6 is 11.3 Å². The molecule has 158 valence electrons. The molecule has 1 aliphatic heterocycles. The third kappa shape index (κ3) is 4.35. The Hall–Kier alpha value is -3.12. The minimum absolute atomic E-state index is 0.0439. The molecule has 0 radical (unpaired) electrons. The molecule has 1 amide bonds. The molecule has 2 aliphatic rings. The Morgan fingerprint density at radius 1 is 1.03 bits per heavy atom. The van der Waals surface area contributed by atoms with Gasteiger partial charge in [0, 0.05) is 17.6 Å². The number of aliphatic imine (C=N–C) groups is 1. The summed E-state index contributed by atoms with van der Waals surface area (Å²) < 4.78 is 11.3. The van der Waals surface area contributed by atoms with Crippen molar-refractivity contribution in [3.05, 3.63) is 75.7 Å². The predicted octanol–water partition coefficient (Wildman–Crippen LogP) is 5.08. The Balaban J connectivity index is 1.41. The zero-order chi connectivity index (χ0) is 21.0. The molecule has 0 fully saturated rings. The molecule has 6 heteroatoms. The van der Waals surface area contributed by atoms with Crippen LogP contribution in [0.2, 0.25) is 0 Å². The molecule has 3 aromatic rings. The van der Waals surface area contributed by atoms with Crippen molar-refractivity contribution in [3.63, 3.8) is 0 Å². The molecule has 1 N–H and O–H groups in total. The van der Waals surface area contributed by atoms with E-state index in [1.165, 1.54) is 16.9 Å². The largest absolute Gasteiger partial charge is 0.486 e. The molecule has 0 atom stereocenters. The maximum Gasteiger partial charge on any atom is 0.254 e. The van der Waals surface area contributed by atoms with Crippen molar-refractivity contribution in [2.75, 3.05) is 13.2 Å². The summed E-state index contributed by atoms with van der Waals surface area (Å²) >= 11 is 1.65. The van der Waals surface area contributed by atoms with Crippen molar-refractivity contribution >= 4 is 28.5 Å². The molecule has 1 aromatic heterocycles. The second kappa shape index (κ2) is 8.94. The number of hydrogen-bond acceptors (Lipinski definition) is 5. The average molecular weight is 433 g/mol. The summed E-state index contributed by atoms with van der Waals surface area (Å²) in [4.78, 5) is 19.2. The number of hydrogen-bond donors (Lipinski definition) is 1. The molecule has 0 spiro atoms. The van der Waals surface area contributed by atoms with Crippen molar-refractivity contribution in [1.29, 1.82) is 0 Å². The van der Waals surface area contributed by atoms with E-state index in [2.05, 4.69) is 5.32 Å². The van der Waals surface area contributed by atoms with Gasteiger partial charge in [-0.3, -0.25) is 4.79 Å². The fourth-order valence-electron chi connectivity index (χ4n) is 4.02. The summed E-state index contributed by atoms with van der Waals surface area (Å²) in [6.45, 7) is 1.63. The molecular weight excluding hydrogens is 408 g/mol. The minimum atomic E-state index is -0.0439. The third-order valence-corrected chi connectivity index (χ3v) is 6.77. The Kier molecular flexibility index (Phi) is 5.71. The molecule has 0 unspecified atom stereocenters. The van der Waals surface area contributed by atoms with Crippen LogP contribution in [0.5, 0.6) is 11.5 Å². The number of thiophene rings is 1. The maximum absolute atomic E-state index is 13.2. The summed E-state index contributed by atoms with van der Waals surface area (Å²) in [7, 11) is 0. The first-order valence-corrected chi connectivity index (χ1v) is 11.5. The topological polar surface area (TPSA) is 59.9 Å². The Morgan fingerprint density at radius 2 is 1.84 bits per heavy atom. The lowest BCUT2D eigenvalue weighted by Crippen LogP contribution is -2.24. The van der Waals surface area contributed by atoms with Gasteiger partial charge in [0.1, 0.15) is 18.2 Å². The Bertz CT molecular complexity index is 1120. The van der Waals surface area contributed by atoms with E-state index in [1.54, 1.807) is 11.3 Å². The van der Waals surface area contributed by atoms with Crippen molar-refractivity contribution in [3.8, 4) is 11.5 Å². The van der Waals surface area contributed by atoms with Gasteiger partial charge in [0.05, 0.1) is 5.56 Å². The normalized spacial score (nSPS) is 15.0. The van der Waals surface area contributed by atoms with Gasteiger partial charge >= 0.3 is 0 Å². The van der Waals surface area contributed by atoms with Crippen LogP contribution in [0.4, 0.5) is 5.00 Å². The lowest BCUT2D eigenvalue weighted by molar-refractivity contribution is 0.0951. The Morgan fingerprint density at radius 3 is 2.71 bits per heavy atom. The van der Waals surface area contributed by atoms with E-state index in [1.807, 2.05) is 54.7 Å². The number of benzene rings is 2. The molecule has 2 aromatic carbocycles. The van der Waals surface area contributed by atoms with Gasteiger partial charge in [-0.05, 0) is 60.6 Å². The fourth-order valence-corrected chi connectivity index (χ4v) is 5.25. The first-order valence-electron chi connectivity index (χ1n) is 10.7. The highest BCUT2D eigenvalue weighted by Crippen LogP contribution is 2.40. The summed E-state index contributed by atoms with van der Waals surface area (Å²) in [6.07, 6.45) is 6.07. The molecule has 0 bridgehead atoms. The SMILES string of the molecule is O=C(NCc1ccccc1)c1c(/N=C\c2ccc3c(c2)OCCO3)sc2c1CCCC2. The monoisotopic (exact) mass is 432 g/mol. The van der Waals surface area contributed by atoms with Crippen LogP contribution < -0.4 is 14.8 Å². The van der Waals surface area contributed by atoms with Gasteiger partial charge in [-0.15, -0.1) is 11.3 Å². The van der Waals surface area contributed by atoms with E-state index < -0.39 is 0 Å². The summed E-state index contributed by atoms with van der Waals surface area (Å²) in [5.74, 6) is 1.45. The first-order chi connectivity index (χ1) is 15.3. The highest BCUT2D eigenvalue weighted by molar-refractivity contribution is 7.16. The van der Waals surface area contributed by atoms with Gasteiger partial charge in [0.25, 0.3) is 5.91 Å². The second-order valence-corrected chi connectivity index (χ2v) is 8.80. The molecule has 1 aliphatic carbocycles. The van der Waals surface area contributed by atoms with Crippen LogP contribution in [0.15, 0.2) is 53.5 Å². The van der Waals surface area contributed by atoms with Crippen molar-refractivity contribution < 1.29 is 14.3 Å². The highest BCUT2D eigenvalue weighted by Gasteiger charge is 2.25. The van der Waals surface area contributed by atoms with Crippen LogP contribution in [0, 0.1) is 0 Å². The summed E-state index contributed by atoms with van der Waals surface area (Å²) in [6, 6.07) is 15.8. The molecule has 0 saturated heterocycles. The predicted molar refractivity (Wildman–Crippen MR) is 123 cm³/mol. The molecule has 2 heterocycles. The number of nitrogens with one attached hydrogen (secondary N) is 1. The zero-order valence-corrected chi connectivity index (χ0v) is 18.0. The molecule has 5 rings (SSSR count). The van der Waals surface area contributed by atoms with Gasteiger partial charge in [-0.25, -0.2) is 4.99 Å². The van der Waals surface area contributed by atoms with Crippen LogP contribution in [-0.4, -0.2) is 25.3 Å². The van der Waals surface area contributed by atoms with E-state index in [-0.39, 0.29) is 5.91 Å². The van der Waals surface area contributed by atoms with Crippen LogP contribution in [0.1, 0.15) is 44.8 Å². The number of amides is 1. The van der Waals surface area contributed by atoms with Gasteiger partial charge in [-0.1, -0.05) is 30.3 Å². The number of fused-ring (bicyclic) bond motifs is 2. The standard InChI is InChI=1S/C25H24N2O3S/c28-24(26-15-17-6-2-1-3-7-17)23-19-8-4-5-9-22(19)31-25(23)27-16-18-10-11-20-21(14-18)30-13-12-29-20/h1-3,6-7,10-11,14,16H,4-5,8-9,12-13,15H2,(H,26,28)/b27-16-. The zero-order valence-electron chi connectivity index (χ0n) is 17.2. The maximum atomic E-state index is 13.2. The average Bonchev–Trinajstić information content (AvgIpc) is 3.20. The van der Waals surface area contributed by atoms with Gasteiger partial charge in [-0.2, -0.15) is 0 Å². The Labute approximate surface area is 185 Å². The van der Waals surface area contributed by atoms with E-state index in [4.69, 9.17) is 14.5 Å². The molecule has 31 heavy (non-hydrogen) atoms. The summed E-state index contributed by atoms with van der Waals surface area (Å²) in [5, 5.41) is 3.87. The van der Waals surface area contributed by atoms with Crippen molar-refractivity contribution in [1.82, 2.24) is 5.32 Å². The number of ether oxygens (including phenoxy) is 2. The molecular formula is C25H24N2O3S. The van der Waals surface area contributed by atoms with Gasteiger partial charge in [0.15, 0.2) is 11.5 Å². The van der Waals surface area contributed by atoms with E-state index >= 15 is 0 Å². The smallest absolute Gasteiger partial charge is 0.254 e. The number of rotatable bonds is 5. The quantitative estimate of drug-likeness (QED) is 0.572. The summed E-state index contributed by atoms with van der Waals surface area (Å²) in [5.41, 5.74) is 3.92. The van der Waals surface area contributed by atoms with Crippen LogP contribution in [-0.2, 0) is 19.4 Å². The van der Waals surface area contributed by atoms with Crippen molar-refractivity contribution in [2.24, 2.45) is 4.99 Å². The number of nitrogens with zero attached hydrogens (tertiary/aromatic N) is 1. The number of carbonyl (C=O) groups excluding carboxylic acids is 1. The van der Waals surface area contributed by atoms with Crippen LogP contribution in [0.3, 0.4) is 0 Å². The van der Waals surface area contributed by atoms with Gasteiger partial charge < -0.3 is 14.8 Å².